The van der Waals surface area contributed by atoms with Crippen molar-refractivity contribution in [1.82, 2.24) is 0 Å². The smallest absolute Gasteiger partial charge is 0.0997 e. The summed E-state index contributed by atoms with van der Waals surface area (Å²) in [4.78, 5) is 0. The molecule has 0 radical (unpaired) electrons. The van der Waals surface area contributed by atoms with Gasteiger partial charge in [0.05, 0.1) is 11.6 Å². The molecule has 0 amide bonds. The summed E-state index contributed by atoms with van der Waals surface area (Å²) in [6, 6.07) is 9.87. The third-order valence-electron chi connectivity index (χ3n) is 2.32. The molecule has 1 nitrogen and oxygen atoms in total. The topological polar surface area (TPSA) is 23.8 Å². The Morgan fingerprint density at radius 1 is 1.47 bits per heavy atom. The zero-order valence-corrected chi connectivity index (χ0v) is 10.6. The van der Waals surface area contributed by atoms with E-state index >= 15 is 0 Å². The number of allylic oxidation sites excluding steroid dienone is 1. The van der Waals surface area contributed by atoms with Gasteiger partial charge in [0.25, 0.3) is 0 Å². The average molecular weight is 264 g/mol. The Bertz CT molecular complexity index is 399. The average Bonchev–Trinajstić information content (AvgIpc) is 2.25. The van der Waals surface area contributed by atoms with Gasteiger partial charge in [0.2, 0.25) is 0 Å². The highest BCUT2D eigenvalue weighted by Crippen LogP contribution is 2.18. The Labute approximate surface area is 99.6 Å². The summed E-state index contributed by atoms with van der Waals surface area (Å²) in [5.41, 5.74) is 3.04. The first kappa shape index (κ1) is 12.0. The summed E-state index contributed by atoms with van der Waals surface area (Å²) in [5.74, 6) is 0.496. The Balaban J connectivity index is 3.12. The fourth-order valence-corrected chi connectivity index (χ4v) is 2.09. The maximum atomic E-state index is 8.95. The van der Waals surface area contributed by atoms with Gasteiger partial charge in [0, 0.05) is 5.33 Å². The lowest BCUT2D eigenvalue weighted by molar-refractivity contribution is 0.781. The van der Waals surface area contributed by atoms with Gasteiger partial charge in [-0.25, -0.2) is 0 Å². The first-order chi connectivity index (χ1) is 7.19. The molecule has 0 spiro atoms. The van der Waals surface area contributed by atoms with Crippen LogP contribution in [0, 0.1) is 17.2 Å². The fraction of sp³-hybridized carbons (Fsp3) is 0.308. The zero-order chi connectivity index (χ0) is 11.3. The molecule has 15 heavy (non-hydrogen) atoms. The van der Waals surface area contributed by atoms with Crippen LogP contribution in [-0.4, -0.2) is 5.33 Å². The summed E-state index contributed by atoms with van der Waals surface area (Å²) >= 11 is 3.47. The van der Waals surface area contributed by atoms with Crippen LogP contribution in [-0.2, 0) is 0 Å². The lowest BCUT2D eigenvalue weighted by atomic mass is 10.00. The van der Waals surface area contributed by atoms with Crippen LogP contribution in [0.4, 0.5) is 0 Å². The van der Waals surface area contributed by atoms with E-state index < -0.39 is 0 Å². The van der Waals surface area contributed by atoms with Crippen LogP contribution < -0.4 is 0 Å². The number of hydrogen-bond donors (Lipinski definition) is 0. The van der Waals surface area contributed by atoms with Gasteiger partial charge in [-0.15, -0.1) is 0 Å². The van der Waals surface area contributed by atoms with Crippen molar-refractivity contribution >= 4 is 22.0 Å². The summed E-state index contributed by atoms with van der Waals surface area (Å²) in [5, 5.41) is 9.80. The highest BCUT2D eigenvalue weighted by atomic mass is 79.9. The number of nitriles is 1. The molecule has 0 aliphatic carbocycles. The van der Waals surface area contributed by atoms with Crippen LogP contribution in [0.2, 0.25) is 0 Å². The Hall–Kier alpha value is -1.07. The summed E-state index contributed by atoms with van der Waals surface area (Å²) in [7, 11) is 0. The van der Waals surface area contributed by atoms with Crippen molar-refractivity contribution in [3.8, 4) is 6.07 Å². The van der Waals surface area contributed by atoms with Crippen molar-refractivity contribution in [1.29, 1.82) is 5.26 Å². The highest BCUT2D eigenvalue weighted by molar-refractivity contribution is 9.09. The van der Waals surface area contributed by atoms with Crippen molar-refractivity contribution in [3.63, 3.8) is 0 Å². The van der Waals surface area contributed by atoms with E-state index in [1.165, 1.54) is 5.57 Å². The maximum Gasteiger partial charge on any atom is 0.0997 e. The van der Waals surface area contributed by atoms with Crippen molar-refractivity contribution in [2.45, 2.75) is 13.8 Å². The maximum absolute atomic E-state index is 8.95. The second kappa shape index (κ2) is 5.72. The van der Waals surface area contributed by atoms with Crippen LogP contribution in [0.25, 0.3) is 6.08 Å². The Morgan fingerprint density at radius 3 is 2.67 bits per heavy atom. The SMILES string of the molecule is CC(C)/C(=C/c1ccccc1C#N)CBr. The molecule has 0 aliphatic heterocycles. The quantitative estimate of drug-likeness (QED) is 0.757. The van der Waals surface area contributed by atoms with Gasteiger partial charge < -0.3 is 0 Å². The standard InChI is InChI=1S/C13H14BrN/c1-10(2)13(8-14)7-11-5-3-4-6-12(11)9-15/h3-7,10H,8H2,1-2H3/b13-7+. The second-order valence-corrected chi connectivity index (χ2v) is 4.27. The molecule has 0 fully saturated rings. The number of alkyl halides is 1. The van der Waals surface area contributed by atoms with Crippen molar-refractivity contribution in [2.75, 3.05) is 5.33 Å². The Morgan fingerprint density at radius 2 is 2.13 bits per heavy atom. The molecule has 1 rings (SSSR count). The Kier molecular flexibility index (Phi) is 4.58. The van der Waals surface area contributed by atoms with E-state index in [9.17, 15) is 0 Å². The summed E-state index contributed by atoms with van der Waals surface area (Å²) in [6.45, 7) is 4.31. The normalized spacial score (nSPS) is 11.5. The zero-order valence-electron chi connectivity index (χ0n) is 9.00. The third kappa shape index (κ3) is 3.21. The van der Waals surface area contributed by atoms with Gasteiger partial charge in [-0.1, -0.05) is 59.6 Å². The molecule has 1 aromatic rings. The van der Waals surface area contributed by atoms with Gasteiger partial charge in [-0.05, 0) is 17.5 Å². The van der Waals surface area contributed by atoms with E-state index in [0.717, 1.165) is 16.5 Å². The van der Waals surface area contributed by atoms with E-state index in [4.69, 9.17) is 5.26 Å². The molecular weight excluding hydrogens is 250 g/mol. The second-order valence-electron chi connectivity index (χ2n) is 3.71. The lowest BCUT2D eigenvalue weighted by Gasteiger charge is -2.08. The van der Waals surface area contributed by atoms with Crippen molar-refractivity contribution in [2.24, 2.45) is 5.92 Å². The van der Waals surface area contributed by atoms with Gasteiger partial charge in [0.15, 0.2) is 0 Å². The van der Waals surface area contributed by atoms with E-state index in [1.807, 2.05) is 24.3 Å². The molecular formula is C13H14BrN. The summed E-state index contributed by atoms with van der Waals surface area (Å²) < 4.78 is 0. The van der Waals surface area contributed by atoms with E-state index in [0.29, 0.717) is 5.92 Å². The molecule has 0 unspecified atom stereocenters. The molecule has 78 valence electrons. The van der Waals surface area contributed by atoms with Crippen LogP contribution in [0.15, 0.2) is 29.8 Å². The predicted molar refractivity (Wildman–Crippen MR) is 67.8 cm³/mol. The molecule has 0 N–H and O–H groups in total. The van der Waals surface area contributed by atoms with Crippen LogP contribution in [0.3, 0.4) is 0 Å². The molecule has 0 aliphatic rings. The minimum absolute atomic E-state index is 0.496. The molecule has 1 aromatic carbocycles. The largest absolute Gasteiger partial charge is 0.192 e. The molecule has 0 saturated heterocycles. The summed E-state index contributed by atoms with van der Waals surface area (Å²) in [6.07, 6.45) is 2.10. The van der Waals surface area contributed by atoms with Crippen molar-refractivity contribution in [3.05, 3.63) is 41.0 Å². The van der Waals surface area contributed by atoms with Gasteiger partial charge in [-0.2, -0.15) is 5.26 Å². The fourth-order valence-electron chi connectivity index (χ4n) is 1.28. The highest BCUT2D eigenvalue weighted by Gasteiger charge is 2.03. The molecule has 0 saturated carbocycles. The molecule has 0 aromatic heterocycles. The number of rotatable bonds is 3. The number of nitrogens with zero attached hydrogens (tertiary/aromatic N) is 1. The first-order valence-electron chi connectivity index (χ1n) is 4.94. The van der Waals surface area contributed by atoms with Gasteiger partial charge >= 0.3 is 0 Å². The third-order valence-corrected chi connectivity index (χ3v) is 2.97. The first-order valence-corrected chi connectivity index (χ1v) is 6.06. The minimum atomic E-state index is 0.496. The van der Waals surface area contributed by atoms with E-state index in [1.54, 1.807) is 0 Å². The van der Waals surface area contributed by atoms with Crippen LogP contribution in [0.1, 0.15) is 25.0 Å². The molecule has 2 heteroatoms. The minimum Gasteiger partial charge on any atom is -0.192 e. The lowest BCUT2D eigenvalue weighted by Crippen LogP contribution is -1.95. The molecule has 0 heterocycles. The number of benzene rings is 1. The number of hydrogen-bond acceptors (Lipinski definition) is 1. The van der Waals surface area contributed by atoms with E-state index in [2.05, 4.69) is 41.9 Å². The monoisotopic (exact) mass is 263 g/mol. The van der Waals surface area contributed by atoms with Crippen LogP contribution in [0.5, 0.6) is 0 Å². The van der Waals surface area contributed by atoms with Crippen molar-refractivity contribution < 1.29 is 0 Å². The predicted octanol–water partition coefficient (Wildman–Crippen LogP) is 3.99. The van der Waals surface area contributed by atoms with Gasteiger partial charge in [-0.3, -0.25) is 0 Å². The molecule has 0 atom stereocenters. The molecule has 0 bridgehead atoms. The van der Waals surface area contributed by atoms with Crippen LogP contribution >= 0.6 is 15.9 Å². The van der Waals surface area contributed by atoms with E-state index in [-0.39, 0.29) is 0 Å². The number of halogens is 1. The van der Waals surface area contributed by atoms with Gasteiger partial charge in [0.1, 0.15) is 0 Å².